The van der Waals surface area contributed by atoms with Crippen LogP contribution in [0.15, 0.2) is 18.2 Å². The van der Waals surface area contributed by atoms with E-state index in [0.29, 0.717) is 16.9 Å². The molecule has 0 aliphatic carbocycles. The van der Waals surface area contributed by atoms with Gasteiger partial charge in [0.1, 0.15) is 5.75 Å². The second-order valence-corrected chi connectivity index (χ2v) is 4.31. The van der Waals surface area contributed by atoms with Crippen molar-refractivity contribution >= 4 is 11.9 Å². The maximum atomic E-state index is 12.2. The van der Waals surface area contributed by atoms with E-state index in [4.69, 9.17) is 19.5 Å². The van der Waals surface area contributed by atoms with Crippen LogP contribution < -0.4 is 4.74 Å². The smallest absolute Gasteiger partial charge is 0.325 e. The third-order valence-corrected chi connectivity index (χ3v) is 2.98. The Balaban J connectivity index is 3.43. The van der Waals surface area contributed by atoms with Crippen LogP contribution in [0.5, 0.6) is 5.75 Å². The zero-order chi connectivity index (χ0) is 16.5. The molecule has 0 unspecified atom stereocenters. The minimum absolute atomic E-state index is 0.0435. The van der Waals surface area contributed by atoms with Crippen LogP contribution in [0.3, 0.4) is 0 Å². The number of methoxy groups -OCH3 is 1. The Morgan fingerprint density at radius 2 is 1.77 bits per heavy atom. The molecule has 0 aliphatic rings. The minimum atomic E-state index is -1.26. The molecule has 0 fully saturated rings. The van der Waals surface area contributed by atoms with Gasteiger partial charge in [0, 0.05) is 5.56 Å². The highest BCUT2D eigenvalue weighted by molar-refractivity contribution is 6.01. The highest BCUT2D eigenvalue weighted by Crippen LogP contribution is 2.32. The van der Waals surface area contributed by atoms with Gasteiger partial charge in [-0.2, -0.15) is 5.26 Å². The van der Waals surface area contributed by atoms with Gasteiger partial charge < -0.3 is 14.2 Å². The predicted octanol–water partition coefficient (Wildman–Crippen LogP) is 1.97. The van der Waals surface area contributed by atoms with Gasteiger partial charge in [-0.1, -0.05) is 12.1 Å². The standard InChI is InChI=1S/C16H19NO5/c1-4-21-15(18)14(16(19)22-5-2)13-11(9-10-17)7-6-8-12(13)20-3/h6-8,14H,4-5,9H2,1-3H3. The monoisotopic (exact) mass is 305 g/mol. The largest absolute Gasteiger partial charge is 0.496 e. The zero-order valence-corrected chi connectivity index (χ0v) is 12.9. The van der Waals surface area contributed by atoms with Crippen LogP contribution >= 0.6 is 0 Å². The van der Waals surface area contributed by atoms with Crippen molar-refractivity contribution < 1.29 is 23.8 Å². The summed E-state index contributed by atoms with van der Waals surface area (Å²) in [5.74, 6) is -2.35. The van der Waals surface area contributed by atoms with Crippen molar-refractivity contribution in [3.63, 3.8) is 0 Å². The first-order chi connectivity index (χ1) is 10.6. The molecule has 6 nitrogen and oxygen atoms in total. The number of benzene rings is 1. The first-order valence-corrected chi connectivity index (χ1v) is 6.96. The van der Waals surface area contributed by atoms with Crippen LogP contribution in [0.2, 0.25) is 0 Å². The van der Waals surface area contributed by atoms with Crippen molar-refractivity contribution in [2.24, 2.45) is 0 Å². The molecule has 0 aliphatic heterocycles. The van der Waals surface area contributed by atoms with Gasteiger partial charge >= 0.3 is 11.9 Å². The summed E-state index contributed by atoms with van der Waals surface area (Å²) in [6.45, 7) is 3.58. The predicted molar refractivity (Wildman–Crippen MR) is 78.3 cm³/mol. The van der Waals surface area contributed by atoms with Crippen molar-refractivity contribution in [3.8, 4) is 11.8 Å². The van der Waals surface area contributed by atoms with E-state index < -0.39 is 17.9 Å². The molecule has 0 spiro atoms. The molecule has 0 saturated carbocycles. The number of nitrogens with zero attached hydrogens (tertiary/aromatic N) is 1. The van der Waals surface area contributed by atoms with Gasteiger partial charge in [-0.15, -0.1) is 0 Å². The molecule has 1 aromatic carbocycles. The van der Waals surface area contributed by atoms with E-state index >= 15 is 0 Å². The van der Waals surface area contributed by atoms with Crippen LogP contribution in [0.4, 0.5) is 0 Å². The summed E-state index contributed by atoms with van der Waals surface area (Å²) >= 11 is 0. The van der Waals surface area contributed by atoms with Gasteiger partial charge in [0.05, 0.1) is 32.8 Å². The maximum absolute atomic E-state index is 12.2. The lowest BCUT2D eigenvalue weighted by molar-refractivity contribution is -0.157. The fraction of sp³-hybridized carbons (Fsp3) is 0.438. The van der Waals surface area contributed by atoms with Gasteiger partial charge in [0.2, 0.25) is 0 Å². The number of hydrogen-bond acceptors (Lipinski definition) is 6. The SMILES string of the molecule is CCOC(=O)C(C(=O)OCC)c1c(CC#N)cccc1OC. The normalized spacial score (nSPS) is 9.95. The molecule has 0 heterocycles. The third-order valence-electron chi connectivity index (χ3n) is 2.98. The summed E-state index contributed by atoms with van der Waals surface area (Å²) in [6.07, 6.45) is 0.0435. The zero-order valence-electron chi connectivity index (χ0n) is 12.9. The number of ether oxygens (including phenoxy) is 3. The number of carbonyl (C=O) groups is 2. The lowest BCUT2D eigenvalue weighted by Crippen LogP contribution is -2.27. The first kappa shape index (κ1) is 17.5. The molecule has 0 bridgehead atoms. The molecule has 0 aromatic heterocycles. The molecule has 1 aromatic rings. The number of esters is 2. The molecule has 0 amide bonds. The van der Waals surface area contributed by atoms with Gasteiger partial charge in [0.25, 0.3) is 0 Å². The average molecular weight is 305 g/mol. The molecular weight excluding hydrogens is 286 g/mol. The Labute approximate surface area is 129 Å². The van der Waals surface area contributed by atoms with Gasteiger partial charge in [-0.05, 0) is 25.5 Å². The average Bonchev–Trinajstić information content (AvgIpc) is 2.49. The van der Waals surface area contributed by atoms with Crippen molar-refractivity contribution in [1.82, 2.24) is 0 Å². The Bertz CT molecular complexity index is 558. The third kappa shape index (κ3) is 3.98. The van der Waals surface area contributed by atoms with Gasteiger partial charge in [-0.25, -0.2) is 0 Å². The summed E-state index contributed by atoms with van der Waals surface area (Å²) in [7, 11) is 1.43. The highest BCUT2D eigenvalue weighted by atomic mass is 16.6. The quantitative estimate of drug-likeness (QED) is 0.565. The lowest BCUT2D eigenvalue weighted by Gasteiger charge is -2.19. The summed E-state index contributed by atoms with van der Waals surface area (Å²) in [5.41, 5.74) is 0.858. The van der Waals surface area contributed by atoms with Crippen molar-refractivity contribution in [3.05, 3.63) is 29.3 Å². The fourth-order valence-corrected chi connectivity index (χ4v) is 2.12. The van der Waals surface area contributed by atoms with E-state index in [1.54, 1.807) is 32.0 Å². The topological polar surface area (TPSA) is 85.6 Å². The summed E-state index contributed by atoms with van der Waals surface area (Å²) < 4.78 is 15.2. The van der Waals surface area contributed by atoms with Gasteiger partial charge in [0.15, 0.2) is 5.92 Å². The van der Waals surface area contributed by atoms with Crippen molar-refractivity contribution in [2.45, 2.75) is 26.2 Å². The molecule has 0 saturated heterocycles. The van der Waals surface area contributed by atoms with E-state index in [2.05, 4.69) is 0 Å². The minimum Gasteiger partial charge on any atom is -0.496 e. The number of nitriles is 1. The van der Waals surface area contributed by atoms with Crippen LogP contribution in [0.25, 0.3) is 0 Å². The summed E-state index contributed by atoms with van der Waals surface area (Å²) in [6, 6.07) is 7.01. The molecule has 118 valence electrons. The van der Waals surface area contributed by atoms with E-state index in [9.17, 15) is 9.59 Å². The fourth-order valence-electron chi connectivity index (χ4n) is 2.12. The first-order valence-electron chi connectivity index (χ1n) is 6.96. The molecule has 0 radical (unpaired) electrons. The van der Waals surface area contributed by atoms with E-state index in [1.165, 1.54) is 7.11 Å². The van der Waals surface area contributed by atoms with E-state index in [-0.39, 0.29) is 19.6 Å². The van der Waals surface area contributed by atoms with Gasteiger partial charge in [-0.3, -0.25) is 9.59 Å². The molecular formula is C16H19NO5. The van der Waals surface area contributed by atoms with Crippen LogP contribution in [-0.2, 0) is 25.5 Å². The second-order valence-electron chi connectivity index (χ2n) is 4.31. The molecule has 0 N–H and O–H groups in total. The van der Waals surface area contributed by atoms with Crippen LogP contribution in [-0.4, -0.2) is 32.3 Å². The number of rotatable bonds is 7. The Morgan fingerprint density at radius 3 is 2.23 bits per heavy atom. The molecule has 1 rings (SSSR count). The summed E-state index contributed by atoms with van der Waals surface area (Å²) in [4.78, 5) is 24.4. The van der Waals surface area contributed by atoms with E-state index in [1.807, 2.05) is 6.07 Å². The highest BCUT2D eigenvalue weighted by Gasteiger charge is 2.35. The van der Waals surface area contributed by atoms with Crippen molar-refractivity contribution in [2.75, 3.05) is 20.3 Å². The molecule has 6 heteroatoms. The number of carbonyl (C=O) groups excluding carboxylic acids is 2. The molecule has 0 atom stereocenters. The molecule has 22 heavy (non-hydrogen) atoms. The maximum Gasteiger partial charge on any atom is 0.325 e. The second kappa shape index (κ2) is 8.67. The van der Waals surface area contributed by atoms with E-state index in [0.717, 1.165) is 0 Å². The Morgan fingerprint density at radius 1 is 1.18 bits per heavy atom. The Kier molecular flexibility index (Phi) is 6.90. The van der Waals surface area contributed by atoms with Crippen molar-refractivity contribution in [1.29, 1.82) is 5.26 Å². The van der Waals surface area contributed by atoms with Crippen LogP contribution in [0, 0.1) is 11.3 Å². The summed E-state index contributed by atoms with van der Waals surface area (Å²) in [5, 5.41) is 8.95. The number of hydrogen-bond donors (Lipinski definition) is 0. The van der Waals surface area contributed by atoms with Crippen LogP contribution in [0.1, 0.15) is 30.9 Å². The lowest BCUT2D eigenvalue weighted by atomic mass is 9.91. The Hall–Kier alpha value is -2.55.